The molecule has 2 aliphatic heterocycles. The molecule has 3 unspecified atom stereocenters. The number of nitrogens with one attached hydrogen (secondary N) is 1. The van der Waals surface area contributed by atoms with E-state index in [1.807, 2.05) is 0 Å². The maximum atomic E-state index is 13.4. The molecule has 1 fully saturated rings. The first-order valence-electron chi connectivity index (χ1n) is 5.57. The molecule has 0 aromatic carbocycles. The fraction of sp³-hybridized carbons (Fsp3) is 0.500. The van der Waals surface area contributed by atoms with Crippen LogP contribution >= 0.6 is 24.4 Å². The van der Waals surface area contributed by atoms with E-state index in [-0.39, 0.29) is 10.1 Å². The molecule has 0 aliphatic carbocycles. The van der Waals surface area contributed by atoms with Crippen molar-refractivity contribution in [3.05, 3.63) is 12.0 Å². The summed E-state index contributed by atoms with van der Waals surface area (Å²) in [5, 5.41) is 20.5. The summed E-state index contributed by atoms with van der Waals surface area (Å²) in [5.41, 5.74) is 0. The molecule has 21 heavy (non-hydrogen) atoms. The van der Waals surface area contributed by atoms with Crippen LogP contribution in [0.3, 0.4) is 0 Å². The molecule has 5 nitrogen and oxygen atoms in total. The van der Waals surface area contributed by atoms with Crippen LogP contribution in [0.15, 0.2) is 12.0 Å². The molecule has 0 saturated carbocycles. The standard InChI is InChI=1S/C10H8F4N2O3S2/c11-3-1-16(9(21)15-7(3)20)8-5(10(12,13)14)6(18)4(2-17)19-8/h1,4-6,17-18H,2H2/p+1. The molecule has 0 amide bonds. The third-order valence-electron chi connectivity index (χ3n) is 2.93. The second kappa shape index (κ2) is 5.55. The van der Waals surface area contributed by atoms with E-state index in [0.717, 1.165) is 0 Å². The molecule has 3 N–H and O–H groups in total. The molecule has 0 aromatic rings. The lowest BCUT2D eigenvalue weighted by atomic mass is 10.0. The van der Waals surface area contributed by atoms with Gasteiger partial charge < -0.3 is 14.9 Å². The number of rotatable bonds is 1. The van der Waals surface area contributed by atoms with Gasteiger partial charge in [-0.15, -0.1) is 0 Å². The van der Waals surface area contributed by atoms with Crippen molar-refractivity contribution in [3.8, 4) is 0 Å². The van der Waals surface area contributed by atoms with Crippen LogP contribution in [-0.2, 0) is 4.74 Å². The Labute approximate surface area is 126 Å². The van der Waals surface area contributed by atoms with Crippen LogP contribution in [0.4, 0.5) is 17.6 Å². The van der Waals surface area contributed by atoms with Crippen molar-refractivity contribution < 1.29 is 37.1 Å². The van der Waals surface area contributed by atoms with E-state index in [1.165, 1.54) is 0 Å². The Kier molecular flexibility index (Phi) is 4.29. The molecule has 11 heteroatoms. The van der Waals surface area contributed by atoms with Gasteiger partial charge >= 0.3 is 11.3 Å². The fourth-order valence-electron chi connectivity index (χ4n) is 1.96. The first kappa shape index (κ1) is 16.2. The molecular weight excluding hydrogens is 336 g/mol. The zero-order chi connectivity index (χ0) is 15.9. The van der Waals surface area contributed by atoms with Crippen LogP contribution in [0.1, 0.15) is 0 Å². The van der Waals surface area contributed by atoms with Crippen molar-refractivity contribution in [3.63, 3.8) is 0 Å². The molecular formula is C10H9F4N2O3S2+. The van der Waals surface area contributed by atoms with E-state index in [9.17, 15) is 22.7 Å². The minimum atomic E-state index is -4.86. The summed E-state index contributed by atoms with van der Waals surface area (Å²) in [6, 6.07) is 0. The molecule has 1 saturated heterocycles. The van der Waals surface area contributed by atoms with Crippen molar-refractivity contribution >= 4 is 40.4 Å². The number of hydrogen-bond donors (Lipinski definition) is 3. The van der Waals surface area contributed by atoms with Gasteiger partial charge in [0.25, 0.3) is 5.90 Å². The number of thiocarbonyl (C=S) groups is 2. The average Bonchev–Trinajstić information content (AvgIpc) is 2.70. The topological polar surface area (TPSA) is 64.7 Å². The maximum absolute atomic E-state index is 13.4. The van der Waals surface area contributed by atoms with Crippen molar-refractivity contribution in [2.45, 2.75) is 18.4 Å². The highest BCUT2D eigenvalue weighted by Gasteiger charge is 2.59. The molecule has 0 bridgehead atoms. The zero-order valence-electron chi connectivity index (χ0n) is 10.1. The molecule has 2 heterocycles. The Hall–Kier alpha value is -1.17. The highest BCUT2D eigenvalue weighted by atomic mass is 32.1. The van der Waals surface area contributed by atoms with E-state index in [2.05, 4.69) is 17.5 Å². The summed E-state index contributed by atoms with van der Waals surface area (Å²) in [4.78, 5) is -0.363. The highest BCUT2D eigenvalue weighted by molar-refractivity contribution is 7.82. The molecule has 0 spiro atoms. The number of aliphatic hydroxyl groups excluding tert-OH is 2. The average molecular weight is 345 g/mol. The van der Waals surface area contributed by atoms with Gasteiger partial charge in [0.2, 0.25) is 10.8 Å². The van der Waals surface area contributed by atoms with Gasteiger partial charge in [-0.2, -0.15) is 22.1 Å². The second-order valence-electron chi connectivity index (χ2n) is 4.29. The molecule has 2 rings (SSSR count). The van der Waals surface area contributed by atoms with E-state index in [1.54, 1.807) is 0 Å². The molecule has 116 valence electrons. The van der Waals surface area contributed by atoms with Gasteiger partial charge in [0, 0.05) is 12.2 Å². The number of nitrogens with zero attached hydrogens (tertiary/aromatic N) is 1. The lowest BCUT2D eigenvalue weighted by molar-refractivity contribution is -0.348. The van der Waals surface area contributed by atoms with Gasteiger partial charge in [-0.1, -0.05) is 0 Å². The van der Waals surface area contributed by atoms with Gasteiger partial charge in [0.05, 0.1) is 6.61 Å². The minimum absolute atomic E-state index is 0.323. The van der Waals surface area contributed by atoms with Gasteiger partial charge in [0.15, 0.2) is 12.0 Å². The summed E-state index contributed by atoms with van der Waals surface area (Å²) in [6.45, 7) is -0.837. The van der Waals surface area contributed by atoms with Crippen LogP contribution in [-0.4, -0.2) is 55.8 Å². The van der Waals surface area contributed by atoms with Gasteiger partial charge in [-0.25, -0.2) is 5.32 Å². The summed E-state index contributed by atoms with van der Waals surface area (Å²) in [7, 11) is 0. The first-order chi connectivity index (χ1) is 9.66. The zero-order valence-corrected chi connectivity index (χ0v) is 11.7. The number of ether oxygens (including phenoxy) is 1. The maximum Gasteiger partial charge on any atom is 0.405 e. The Morgan fingerprint density at radius 3 is 2.52 bits per heavy atom. The molecule has 0 aromatic heterocycles. The molecule has 2 aliphatic rings. The Balaban J connectivity index is 2.56. The molecule has 0 radical (unpaired) electrons. The summed E-state index contributed by atoms with van der Waals surface area (Å²) in [6.07, 6.45) is -7.74. The van der Waals surface area contributed by atoms with Gasteiger partial charge in [-0.3, -0.25) is 0 Å². The quantitative estimate of drug-likeness (QED) is 0.362. The van der Waals surface area contributed by atoms with Crippen molar-refractivity contribution in [2.24, 2.45) is 5.92 Å². The predicted octanol–water partition coefficient (Wildman–Crippen LogP) is 0.354. The summed E-state index contributed by atoms with van der Waals surface area (Å²) < 4.78 is 58.1. The lowest BCUT2D eigenvalue weighted by Crippen LogP contribution is -2.45. The van der Waals surface area contributed by atoms with Crippen molar-refractivity contribution in [1.82, 2.24) is 5.32 Å². The van der Waals surface area contributed by atoms with E-state index in [4.69, 9.17) is 22.1 Å². The van der Waals surface area contributed by atoms with Crippen molar-refractivity contribution in [1.29, 1.82) is 0 Å². The van der Waals surface area contributed by atoms with Crippen LogP contribution in [0.5, 0.6) is 0 Å². The van der Waals surface area contributed by atoms with Gasteiger partial charge in [-0.05, 0) is 12.2 Å². The normalized spacial score (nSPS) is 33.6. The number of aliphatic hydroxyl groups is 2. The van der Waals surface area contributed by atoms with E-state index < -0.39 is 42.6 Å². The predicted molar refractivity (Wildman–Crippen MR) is 70.3 cm³/mol. The lowest BCUT2D eigenvalue weighted by Gasteiger charge is -2.18. The Morgan fingerprint density at radius 2 is 2.00 bits per heavy atom. The Bertz CT molecular complexity index is 561. The van der Waals surface area contributed by atoms with Crippen LogP contribution in [0.25, 0.3) is 0 Å². The third kappa shape index (κ3) is 2.91. The van der Waals surface area contributed by atoms with Crippen molar-refractivity contribution in [2.75, 3.05) is 6.61 Å². The molecule has 3 atom stereocenters. The van der Waals surface area contributed by atoms with E-state index >= 15 is 0 Å². The monoisotopic (exact) mass is 345 g/mol. The highest BCUT2D eigenvalue weighted by Crippen LogP contribution is 2.37. The summed E-state index contributed by atoms with van der Waals surface area (Å²) in [5.74, 6) is -4.26. The third-order valence-corrected chi connectivity index (χ3v) is 3.53. The number of alkyl halides is 3. The number of halogens is 4. The number of hydrogen-bond acceptors (Lipinski definition) is 5. The second-order valence-corrected chi connectivity index (χ2v) is 5.09. The van der Waals surface area contributed by atoms with Crippen LogP contribution in [0.2, 0.25) is 0 Å². The summed E-state index contributed by atoms with van der Waals surface area (Å²) >= 11 is 9.36. The largest absolute Gasteiger partial charge is 0.456 e. The fourth-order valence-corrected chi connectivity index (χ4v) is 2.41. The first-order valence-corrected chi connectivity index (χ1v) is 6.39. The van der Waals surface area contributed by atoms with Crippen LogP contribution in [0, 0.1) is 5.92 Å². The minimum Gasteiger partial charge on any atom is -0.456 e. The SMILES string of the molecule is OCC1OC(=[N+]2C=C(F)C(=S)NC2=S)C(C(F)(F)F)C1O. The Morgan fingerprint density at radius 1 is 1.38 bits per heavy atom. The van der Waals surface area contributed by atoms with Gasteiger partial charge in [0.1, 0.15) is 12.3 Å². The smallest absolute Gasteiger partial charge is 0.405 e. The van der Waals surface area contributed by atoms with E-state index in [0.29, 0.717) is 10.8 Å². The van der Waals surface area contributed by atoms with Crippen LogP contribution < -0.4 is 5.32 Å².